The molecule has 0 aliphatic carbocycles. The molecule has 0 N–H and O–H groups in total. The molecule has 0 spiro atoms. The molecular formula is C54H35N3. The van der Waals surface area contributed by atoms with Crippen LogP contribution in [0.25, 0.3) is 87.8 Å². The van der Waals surface area contributed by atoms with Crippen molar-refractivity contribution in [3.8, 4) is 27.9 Å². The van der Waals surface area contributed by atoms with Gasteiger partial charge in [0.2, 0.25) is 0 Å². The van der Waals surface area contributed by atoms with Crippen LogP contribution >= 0.6 is 0 Å². The van der Waals surface area contributed by atoms with E-state index in [-0.39, 0.29) is 0 Å². The van der Waals surface area contributed by atoms with Crippen molar-refractivity contribution >= 4 is 77.0 Å². The third-order valence-corrected chi connectivity index (χ3v) is 11.8. The van der Waals surface area contributed by atoms with Crippen molar-refractivity contribution in [1.82, 2.24) is 8.97 Å². The van der Waals surface area contributed by atoms with Crippen molar-refractivity contribution in [3.05, 3.63) is 212 Å². The maximum Gasteiger partial charge on any atom is 0.0621 e. The third-order valence-electron chi connectivity index (χ3n) is 11.8. The largest absolute Gasteiger partial charge is 0.309 e. The molecule has 0 amide bonds. The van der Waals surface area contributed by atoms with E-state index in [1.165, 1.54) is 82.2 Å². The van der Waals surface area contributed by atoms with Gasteiger partial charge in [0.05, 0.1) is 39.0 Å². The summed E-state index contributed by atoms with van der Waals surface area (Å²) in [6.07, 6.45) is 0. The van der Waals surface area contributed by atoms with Crippen molar-refractivity contribution in [2.75, 3.05) is 4.90 Å². The van der Waals surface area contributed by atoms with Crippen LogP contribution in [-0.2, 0) is 0 Å². The molecule has 57 heavy (non-hydrogen) atoms. The van der Waals surface area contributed by atoms with Gasteiger partial charge in [0.15, 0.2) is 0 Å². The minimum Gasteiger partial charge on any atom is -0.309 e. The van der Waals surface area contributed by atoms with Crippen LogP contribution in [0.15, 0.2) is 212 Å². The Morgan fingerprint density at radius 1 is 0.316 bits per heavy atom. The van der Waals surface area contributed by atoms with Gasteiger partial charge in [0.1, 0.15) is 0 Å². The Labute approximate surface area is 329 Å². The van der Waals surface area contributed by atoms with Crippen LogP contribution in [0.1, 0.15) is 0 Å². The number of rotatable bonds is 6. The molecular weight excluding hydrogens is 691 g/mol. The number of anilines is 3. The molecule has 12 aromatic rings. The number of hydrogen-bond donors (Lipinski definition) is 0. The number of aromatic nitrogens is 2. The Hall–Kier alpha value is -7.62. The molecule has 0 fully saturated rings. The summed E-state index contributed by atoms with van der Waals surface area (Å²) in [4.78, 5) is 2.54. The first-order valence-corrected chi connectivity index (χ1v) is 19.6. The molecule has 0 unspecified atom stereocenters. The second kappa shape index (κ2) is 12.5. The summed E-state index contributed by atoms with van der Waals surface area (Å²) in [6, 6.07) is 77.5. The second-order valence-corrected chi connectivity index (χ2v) is 14.9. The summed E-state index contributed by atoms with van der Waals surface area (Å²) < 4.78 is 4.89. The van der Waals surface area contributed by atoms with Crippen LogP contribution in [0, 0.1) is 0 Å². The highest BCUT2D eigenvalue weighted by atomic mass is 15.2. The quantitative estimate of drug-likeness (QED) is 0.166. The van der Waals surface area contributed by atoms with Gasteiger partial charge in [-0.1, -0.05) is 146 Å². The predicted octanol–water partition coefficient (Wildman–Crippen LogP) is 14.7. The predicted molar refractivity (Wildman–Crippen MR) is 241 cm³/mol. The van der Waals surface area contributed by atoms with Gasteiger partial charge in [0, 0.05) is 43.7 Å². The van der Waals surface area contributed by atoms with E-state index in [1.807, 2.05) is 0 Å². The van der Waals surface area contributed by atoms with E-state index in [9.17, 15) is 0 Å². The lowest BCUT2D eigenvalue weighted by atomic mass is 9.96. The highest BCUT2D eigenvalue weighted by Crippen LogP contribution is 2.50. The number of fused-ring (bicyclic) bond motifs is 9. The van der Waals surface area contributed by atoms with Gasteiger partial charge in [-0.2, -0.15) is 0 Å². The zero-order valence-electron chi connectivity index (χ0n) is 31.0. The molecule has 3 aromatic heterocycles. The number of nitrogens with zero attached hydrogens (tertiary/aromatic N) is 3. The fourth-order valence-corrected chi connectivity index (χ4v) is 9.43. The van der Waals surface area contributed by atoms with E-state index in [0.29, 0.717) is 0 Å². The molecule has 0 aliphatic rings. The highest BCUT2D eigenvalue weighted by molar-refractivity contribution is 6.27. The second-order valence-electron chi connectivity index (χ2n) is 14.9. The van der Waals surface area contributed by atoms with E-state index in [2.05, 4.69) is 226 Å². The van der Waals surface area contributed by atoms with E-state index in [4.69, 9.17) is 0 Å². The van der Waals surface area contributed by atoms with Crippen LogP contribution in [0.4, 0.5) is 17.1 Å². The fourth-order valence-electron chi connectivity index (χ4n) is 9.43. The molecule has 0 radical (unpaired) electrons. The summed E-state index contributed by atoms with van der Waals surface area (Å²) in [5, 5.41) is 7.47. The number of para-hydroxylation sites is 4. The van der Waals surface area contributed by atoms with E-state index in [1.54, 1.807) is 0 Å². The van der Waals surface area contributed by atoms with Gasteiger partial charge in [-0.3, -0.25) is 0 Å². The molecule has 0 saturated carbocycles. The monoisotopic (exact) mass is 725 g/mol. The third kappa shape index (κ3) is 4.73. The highest BCUT2D eigenvalue weighted by Gasteiger charge is 2.26. The van der Waals surface area contributed by atoms with Crippen molar-refractivity contribution < 1.29 is 0 Å². The standard InChI is InChI=1S/C54H35N3/c1-4-17-36(18-5-1)38-33-39(37-19-6-2-7-20-37)35-41(34-38)56(49-30-15-29-48-52(49)44-24-11-13-28-47(44)55(48)40-21-8-3-9-22-40)50-31-16-32-51-53(50)45-26-14-25-43-42-23-10-12-27-46(42)57(51)54(43)45/h1-35H. The van der Waals surface area contributed by atoms with Gasteiger partial charge in [-0.25, -0.2) is 0 Å². The zero-order chi connectivity index (χ0) is 37.5. The molecule has 12 rings (SSSR count). The molecule has 3 heterocycles. The van der Waals surface area contributed by atoms with Crippen molar-refractivity contribution in [3.63, 3.8) is 0 Å². The SMILES string of the molecule is c1ccc(-c2cc(-c3ccccc3)cc(N(c3cccc4c3c3ccccc3n4-c3ccccc3)c3cccc4c3c3cccc5c6ccccc6n4c53)c2)cc1. The van der Waals surface area contributed by atoms with Crippen molar-refractivity contribution in [1.29, 1.82) is 0 Å². The lowest BCUT2D eigenvalue weighted by molar-refractivity contribution is 1.18. The topological polar surface area (TPSA) is 12.6 Å². The van der Waals surface area contributed by atoms with Crippen LogP contribution in [0.3, 0.4) is 0 Å². The van der Waals surface area contributed by atoms with Crippen LogP contribution in [0.5, 0.6) is 0 Å². The normalized spacial score (nSPS) is 11.9. The summed E-state index contributed by atoms with van der Waals surface area (Å²) in [7, 11) is 0. The summed E-state index contributed by atoms with van der Waals surface area (Å²) >= 11 is 0. The van der Waals surface area contributed by atoms with E-state index >= 15 is 0 Å². The molecule has 0 bridgehead atoms. The molecule has 0 aliphatic heterocycles. The summed E-state index contributed by atoms with van der Waals surface area (Å²) in [6.45, 7) is 0. The zero-order valence-corrected chi connectivity index (χ0v) is 31.0. The fraction of sp³-hybridized carbons (Fsp3) is 0. The first-order chi connectivity index (χ1) is 28.3. The maximum absolute atomic E-state index is 2.54. The lowest BCUT2D eigenvalue weighted by Gasteiger charge is -2.29. The Bertz CT molecular complexity index is 3390. The summed E-state index contributed by atoms with van der Waals surface area (Å²) in [5.74, 6) is 0. The molecule has 9 aromatic carbocycles. The van der Waals surface area contributed by atoms with Crippen LogP contribution in [0.2, 0.25) is 0 Å². The molecule has 3 heteroatoms. The number of hydrogen-bond acceptors (Lipinski definition) is 1. The average molecular weight is 726 g/mol. The Balaban J connectivity index is 1.24. The van der Waals surface area contributed by atoms with Gasteiger partial charge < -0.3 is 13.9 Å². The van der Waals surface area contributed by atoms with Crippen LogP contribution < -0.4 is 4.90 Å². The molecule has 266 valence electrons. The minimum atomic E-state index is 1.10. The van der Waals surface area contributed by atoms with Gasteiger partial charge >= 0.3 is 0 Å². The Morgan fingerprint density at radius 3 is 1.49 bits per heavy atom. The molecule has 0 atom stereocenters. The maximum atomic E-state index is 2.54. The molecule has 0 saturated heterocycles. The van der Waals surface area contributed by atoms with Gasteiger partial charge in [-0.05, 0) is 89.0 Å². The molecule has 3 nitrogen and oxygen atoms in total. The minimum absolute atomic E-state index is 1.10. The average Bonchev–Trinajstić information content (AvgIpc) is 3.93. The van der Waals surface area contributed by atoms with Crippen LogP contribution in [-0.4, -0.2) is 8.97 Å². The Morgan fingerprint density at radius 2 is 0.807 bits per heavy atom. The van der Waals surface area contributed by atoms with Crippen molar-refractivity contribution in [2.24, 2.45) is 0 Å². The Kier molecular flexibility index (Phi) is 6.93. The first-order valence-electron chi connectivity index (χ1n) is 19.6. The van der Waals surface area contributed by atoms with Gasteiger partial charge in [-0.15, -0.1) is 0 Å². The van der Waals surface area contributed by atoms with Crippen molar-refractivity contribution in [2.45, 2.75) is 0 Å². The van der Waals surface area contributed by atoms with E-state index < -0.39 is 0 Å². The number of benzene rings is 9. The lowest BCUT2D eigenvalue weighted by Crippen LogP contribution is -2.11. The summed E-state index contributed by atoms with van der Waals surface area (Å²) in [5.41, 5.74) is 15.3. The van der Waals surface area contributed by atoms with E-state index in [0.717, 1.165) is 22.7 Å². The van der Waals surface area contributed by atoms with Gasteiger partial charge in [0.25, 0.3) is 0 Å². The first kappa shape index (κ1) is 31.7. The smallest absolute Gasteiger partial charge is 0.0621 e.